The quantitative estimate of drug-likeness (QED) is 0.328. The maximum atomic E-state index is 10.6. The molecule has 4 N–H and O–H groups in total. The fraction of sp³-hybridized carbons (Fsp3) is 0.500. The zero-order valence-corrected chi connectivity index (χ0v) is 21.6. The van der Waals surface area contributed by atoms with Gasteiger partial charge in [0.05, 0.1) is 0 Å². The number of aliphatic hydroxyl groups excluding tert-OH is 4. The summed E-state index contributed by atoms with van der Waals surface area (Å²) in [5.74, 6) is 0. The zero-order chi connectivity index (χ0) is 22.3. The van der Waals surface area contributed by atoms with Gasteiger partial charge in [0, 0.05) is 0 Å². The normalized spacial score (nSPS) is 15.6. The minimum atomic E-state index is -0.557. The van der Waals surface area contributed by atoms with Gasteiger partial charge < -0.3 is 0 Å². The van der Waals surface area contributed by atoms with Gasteiger partial charge in [0.25, 0.3) is 0 Å². The molecule has 0 aliphatic rings. The fourth-order valence-corrected chi connectivity index (χ4v) is 12.2. The second kappa shape index (κ2) is 12.4. The van der Waals surface area contributed by atoms with Gasteiger partial charge in [-0.25, -0.2) is 0 Å². The molecule has 0 aromatic heterocycles. The molecule has 0 saturated carbocycles. The molecule has 30 heavy (non-hydrogen) atoms. The minimum absolute atomic E-state index is 0.0169. The molecule has 0 aliphatic heterocycles. The Balaban J connectivity index is 2.53. The Hall–Kier alpha value is -0.681. The Kier molecular flexibility index (Phi) is 10.6. The van der Waals surface area contributed by atoms with Crippen LogP contribution in [0.2, 0.25) is 0 Å². The van der Waals surface area contributed by atoms with Gasteiger partial charge in [0.2, 0.25) is 0 Å². The maximum absolute atomic E-state index is 10.6. The van der Waals surface area contributed by atoms with Crippen LogP contribution in [0, 0.1) is 0 Å². The van der Waals surface area contributed by atoms with Crippen LogP contribution in [0.25, 0.3) is 0 Å². The molecular formula is C24H34O4Se2. The first-order chi connectivity index (χ1) is 14.4. The van der Waals surface area contributed by atoms with Gasteiger partial charge in [0.15, 0.2) is 0 Å². The number of benzene rings is 2. The SMILES string of the molecule is CCC(O)c1cccc(C(O)CC)c1[Se][Se]c1c(C(O)CC)cccc1C(O)CC. The van der Waals surface area contributed by atoms with E-state index in [9.17, 15) is 20.4 Å². The third-order valence-corrected chi connectivity index (χ3v) is 12.7. The molecule has 4 nitrogen and oxygen atoms in total. The standard InChI is InChI=1S/C24H34O4Se2/c1-5-19(25)15-11-9-12-16(20(26)6-2)23(15)29-30-24-17(21(27)7-3)13-10-14-18(24)22(28)8-4/h9-14,19-22,25-28H,5-8H2,1-4H3. The van der Waals surface area contributed by atoms with Crippen LogP contribution in [0.1, 0.15) is 100 Å². The molecule has 6 heteroatoms. The Morgan fingerprint density at radius 2 is 0.767 bits per heavy atom. The molecule has 0 spiro atoms. The third kappa shape index (κ3) is 5.97. The van der Waals surface area contributed by atoms with Gasteiger partial charge in [0.1, 0.15) is 0 Å². The zero-order valence-electron chi connectivity index (χ0n) is 18.2. The van der Waals surface area contributed by atoms with Crippen molar-refractivity contribution >= 4 is 35.2 Å². The third-order valence-electron chi connectivity index (χ3n) is 5.34. The van der Waals surface area contributed by atoms with E-state index in [1.54, 1.807) is 0 Å². The Morgan fingerprint density at radius 3 is 0.967 bits per heavy atom. The molecule has 2 aromatic carbocycles. The van der Waals surface area contributed by atoms with Crippen molar-refractivity contribution in [3.63, 3.8) is 0 Å². The molecule has 0 bridgehead atoms. The van der Waals surface area contributed by atoms with Crippen LogP contribution < -0.4 is 8.92 Å². The topological polar surface area (TPSA) is 80.9 Å². The van der Waals surface area contributed by atoms with E-state index in [1.807, 2.05) is 64.1 Å². The molecule has 0 fully saturated rings. The first-order valence-electron chi connectivity index (χ1n) is 10.7. The van der Waals surface area contributed by atoms with Crippen molar-refractivity contribution in [2.45, 2.75) is 77.8 Å². The van der Waals surface area contributed by atoms with Crippen molar-refractivity contribution in [2.24, 2.45) is 0 Å². The fourth-order valence-electron chi connectivity index (χ4n) is 3.35. The molecule has 0 radical (unpaired) electrons. The Morgan fingerprint density at radius 1 is 0.533 bits per heavy atom. The van der Waals surface area contributed by atoms with E-state index in [0.29, 0.717) is 25.7 Å². The number of aliphatic hydroxyl groups is 4. The Labute approximate surface area is 191 Å². The first kappa shape index (κ1) is 25.6. The summed E-state index contributed by atoms with van der Waals surface area (Å²) >= 11 is -0.0337. The summed E-state index contributed by atoms with van der Waals surface area (Å²) in [6.07, 6.45) is 0.245. The average molecular weight is 544 g/mol. The molecule has 166 valence electrons. The van der Waals surface area contributed by atoms with Crippen LogP contribution >= 0.6 is 0 Å². The average Bonchev–Trinajstić information content (AvgIpc) is 2.79. The molecule has 2 rings (SSSR count). The van der Waals surface area contributed by atoms with E-state index < -0.39 is 24.4 Å². The molecule has 0 aliphatic carbocycles. The van der Waals surface area contributed by atoms with E-state index in [2.05, 4.69) is 0 Å². The predicted octanol–water partition coefficient (Wildman–Crippen LogP) is 2.73. The molecule has 0 amide bonds. The summed E-state index contributed by atoms with van der Waals surface area (Å²) in [4.78, 5) is 0. The van der Waals surface area contributed by atoms with Crippen molar-refractivity contribution in [1.29, 1.82) is 0 Å². The number of rotatable bonds is 11. The van der Waals surface area contributed by atoms with Gasteiger partial charge in [-0.2, -0.15) is 0 Å². The summed E-state index contributed by atoms with van der Waals surface area (Å²) in [5.41, 5.74) is 3.59. The van der Waals surface area contributed by atoms with Crippen molar-refractivity contribution in [3.8, 4) is 0 Å². The van der Waals surface area contributed by atoms with Gasteiger partial charge >= 0.3 is 192 Å². The van der Waals surface area contributed by atoms with Gasteiger partial charge in [-0.15, -0.1) is 0 Å². The van der Waals surface area contributed by atoms with Crippen molar-refractivity contribution in [3.05, 3.63) is 58.7 Å². The van der Waals surface area contributed by atoms with Crippen LogP contribution in [-0.2, 0) is 0 Å². The molecule has 2 aromatic rings. The monoisotopic (exact) mass is 546 g/mol. The van der Waals surface area contributed by atoms with Crippen LogP contribution in [0.3, 0.4) is 0 Å². The van der Waals surface area contributed by atoms with Crippen LogP contribution in [-0.4, -0.2) is 46.7 Å². The summed E-state index contributed by atoms with van der Waals surface area (Å²) in [6, 6.07) is 11.7. The van der Waals surface area contributed by atoms with E-state index in [0.717, 1.165) is 31.2 Å². The second-order valence-electron chi connectivity index (χ2n) is 7.39. The van der Waals surface area contributed by atoms with Crippen LogP contribution in [0.15, 0.2) is 36.4 Å². The van der Waals surface area contributed by atoms with Crippen molar-refractivity contribution in [2.75, 3.05) is 0 Å². The summed E-state index contributed by atoms with van der Waals surface area (Å²) in [5, 5.41) is 42.4. The van der Waals surface area contributed by atoms with Crippen LogP contribution in [0.5, 0.6) is 0 Å². The van der Waals surface area contributed by atoms with Gasteiger partial charge in [-0.05, 0) is 0 Å². The van der Waals surface area contributed by atoms with Gasteiger partial charge in [-0.3, -0.25) is 0 Å². The molecule has 0 saturated heterocycles. The van der Waals surface area contributed by atoms with Crippen LogP contribution in [0.4, 0.5) is 0 Å². The number of hydrogen-bond donors (Lipinski definition) is 4. The number of hydrogen-bond acceptors (Lipinski definition) is 4. The van der Waals surface area contributed by atoms with E-state index in [-0.39, 0.29) is 26.3 Å². The first-order valence-corrected chi connectivity index (χ1v) is 16.8. The van der Waals surface area contributed by atoms with E-state index >= 15 is 0 Å². The van der Waals surface area contributed by atoms with Crippen molar-refractivity contribution in [1.82, 2.24) is 0 Å². The van der Waals surface area contributed by atoms with Crippen molar-refractivity contribution < 1.29 is 20.4 Å². The summed E-state index contributed by atoms with van der Waals surface area (Å²) in [6.45, 7) is 7.83. The molecule has 4 atom stereocenters. The van der Waals surface area contributed by atoms with E-state index in [4.69, 9.17) is 0 Å². The Bertz CT molecular complexity index is 688. The van der Waals surface area contributed by atoms with Gasteiger partial charge in [-0.1, -0.05) is 0 Å². The second-order valence-corrected chi connectivity index (χ2v) is 13.4. The molecule has 4 unspecified atom stereocenters. The summed E-state index contributed by atoms with van der Waals surface area (Å²) < 4.78 is 2.12. The summed E-state index contributed by atoms with van der Waals surface area (Å²) in [7, 11) is 0. The molecular weight excluding hydrogens is 510 g/mol. The predicted molar refractivity (Wildman–Crippen MR) is 125 cm³/mol. The molecule has 0 heterocycles. The van der Waals surface area contributed by atoms with E-state index in [1.165, 1.54) is 0 Å².